The van der Waals surface area contributed by atoms with E-state index in [1.807, 2.05) is 6.26 Å². The summed E-state index contributed by atoms with van der Waals surface area (Å²) in [4.78, 5) is 45.8. The summed E-state index contributed by atoms with van der Waals surface area (Å²) in [6.07, 6.45) is 2.16. The van der Waals surface area contributed by atoms with Gasteiger partial charge < -0.3 is 26.8 Å². The molecule has 3 amide bonds. The normalized spacial score (nSPS) is 12.8. The minimum Gasteiger partial charge on any atom is -0.480 e. The third-order valence-corrected chi connectivity index (χ3v) is 3.69. The summed E-state index contributed by atoms with van der Waals surface area (Å²) in [5.74, 6) is -2.27. The van der Waals surface area contributed by atoms with Crippen LogP contribution in [0.15, 0.2) is 0 Å². The summed E-state index contributed by atoms with van der Waals surface area (Å²) < 4.78 is 0. The van der Waals surface area contributed by atoms with Crippen LogP contribution in [-0.2, 0) is 19.2 Å². The van der Waals surface area contributed by atoms with Gasteiger partial charge in [0.2, 0.25) is 17.7 Å². The molecule has 0 aliphatic rings. The molecule has 6 N–H and O–H groups in total. The van der Waals surface area contributed by atoms with E-state index in [2.05, 4.69) is 28.6 Å². The predicted molar refractivity (Wildman–Crippen MR) is 90.4 cm³/mol. The van der Waals surface area contributed by atoms with E-state index in [9.17, 15) is 19.2 Å². The second-order valence-electron chi connectivity index (χ2n) is 4.46. The van der Waals surface area contributed by atoms with Crippen LogP contribution in [0.2, 0.25) is 0 Å². The first-order valence-electron chi connectivity index (χ1n) is 6.74. The zero-order valence-electron chi connectivity index (χ0n) is 12.7. The van der Waals surface area contributed by atoms with Crippen molar-refractivity contribution < 1.29 is 24.3 Å². The van der Waals surface area contributed by atoms with Crippen LogP contribution in [0.3, 0.4) is 0 Å². The Bertz CT molecular complexity index is 436. The summed E-state index contributed by atoms with van der Waals surface area (Å²) in [6, 6.07) is -1.83. The van der Waals surface area contributed by atoms with Gasteiger partial charge in [-0.15, -0.1) is 0 Å². The fraction of sp³-hybridized carbons (Fsp3) is 0.667. The molecule has 0 aromatic carbocycles. The van der Waals surface area contributed by atoms with Crippen molar-refractivity contribution in [1.29, 1.82) is 0 Å². The van der Waals surface area contributed by atoms with Crippen molar-refractivity contribution in [2.24, 2.45) is 5.73 Å². The maximum Gasteiger partial charge on any atom is 0.322 e. The third kappa shape index (κ3) is 9.31. The molecule has 0 aliphatic carbocycles. The first-order chi connectivity index (χ1) is 10.8. The molecule has 0 aromatic rings. The highest BCUT2D eigenvalue weighted by atomic mass is 32.2. The molecule has 0 spiro atoms. The van der Waals surface area contributed by atoms with Gasteiger partial charge in [-0.3, -0.25) is 19.2 Å². The first kappa shape index (κ1) is 21.5. The third-order valence-electron chi connectivity index (χ3n) is 2.68. The molecule has 0 aromatic heterocycles. The largest absolute Gasteiger partial charge is 0.480 e. The SMILES string of the molecule is CSCCC(NC(=O)C(CS)NC(=O)CN)C(=O)NCC(=O)O. The monoisotopic (exact) mass is 366 g/mol. The molecule has 132 valence electrons. The molecule has 0 saturated heterocycles. The lowest BCUT2D eigenvalue weighted by molar-refractivity contribution is -0.138. The van der Waals surface area contributed by atoms with E-state index in [1.54, 1.807) is 0 Å². The van der Waals surface area contributed by atoms with Crippen molar-refractivity contribution in [3.63, 3.8) is 0 Å². The van der Waals surface area contributed by atoms with Gasteiger partial charge in [-0.05, 0) is 18.4 Å². The number of carboxylic acids is 1. The molecule has 0 radical (unpaired) electrons. The van der Waals surface area contributed by atoms with Crippen molar-refractivity contribution in [3.05, 3.63) is 0 Å². The van der Waals surface area contributed by atoms with E-state index < -0.39 is 42.3 Å². The molecular weight excluding hydrogens is 344 g/mol. The average molecular weight is 366 g/mol. The Morgan fingerprint density at radius 3 is 2.30 bits per heavy atom. The molecule has 23 heavy (non-hydrogen) atoms. The van der Waals surface area contributed by atoms with E-state index in [1.165, 1.54) is 11.8 Å². The quantitative estimate of drug-likeness (QED) is 0.227. The highest BCUT2D eigenvalue weighted by molar-refractivity contribution is 7.98. The number of hydrogen-bond acceptors (Lipinski definition) is 7. The van der Waals surface area contributed by atoms with Crippen LogP contribution in [0.5, 0.6) is 0 Å². The molecule has 2 atom stereocenters. The van der Waals surface area contributed by atoms with Gasteiger partial charge in [-0.1, -0.05) is 0 Å². The van der Waals surface area contributed by atoms with Crippen LogP contribution in [0, 0.1) is 0 Å². The smallest absolute Gasteiger partial charge is 0.322 e. The van der Waals surface area contributed by atoms with Crippen LogP contribution < -0.4 is 21.7 Å². The molecule has 0 rings (SSSR count). The van der Waals surface area contributed by atoms with Gasteiger partial charge in [0, 0.05) is 5.75 Å². The first-order valence-corrected chi connectivity index (χ1v) is 8.77. The highest BCUT2D eigenvalue weighted by Crippen LogP contribution is 2.02. The lowest BCUT2D eigenvalue weighted by atomic mass is 10.2. The summed E-state index contributed by atoms with van der Waals surface area (Å²) >= 11 is 5.46. The van der Waals surface area contributed by atoms with Crippen LogP contribution in [0.4, 0.5) is 0 Å². The number of carbonyl (C=O) groups excluding carboxylic acids is 3. The molecule has 0 aliphatic heterocycles. The van der Waals surface area contributed by atoms with E-state index in [0.29, 0.717) is 12.2 Å². The number of nitrogens with one attached hydrogen (secondary N) is 3. The topological polar surface area (TPSA) is 151 Å². The molecule has 11 heteroatoms. The molecule has 0 bridgehead atoms. The number of thioether (sulfide) groups is 1. The zero-order chi connectivity index (χ0) is 17.8. The Labute approximate surface area is 143 Å². The number of rotatable bonds is 11. The van der Waals surface area contributed by atoms with Gasteiger partial charge >= 0.3 is 5.97 Å². The van der Waals surface area contributed by atoms with Gasteiger partial charge in [0.15, 0.2) is 0 Å². The fourth-order valence-corrected chi connectivity index (χ4v) is 2.24. The van der Waals surface area contributed by atoms with Crippen molar-refractivity contribution in [2.75, 3.05) is 30.9 Å². The molecule has 0 heterocycles. The fourth-order valence-electron chi connectivity index (χ4n) is 1.51. The van der Waals surface area contributed by atoms with Gasteiger partial charge in [-0.25, -0.2) is 0 Å². The van der Waals surface area contributed by atoms with Crippen molar-refractivity contribution >= 4 is 48.1 Å². The Kier molecular flexibility index (Phi) is 11.3. The summed E-state index contributed by atoms with van der Waals surface area (Å²) in [5, 5.41) is 15.7. The van der Waals surface area contributed by atoms with Crippen molar-refractivity contribution in [1.82, 2.24) is 16.0 Å². The Hall–Kier alpha value is -1.46. The zero-order valence-corrected chi connectivity index (χ0v) is 14.4. The van der Waals surface area contributed by atoms with Crippen LogP contribution >= 0.6 is 24.4 Å². The minimum atomic E-state index is -1.18. The number of thiol groups is 1. The Balaban J connectivity index is 4.77. The molecular formula is C12H22N4O5S2. The Morgan fingerprint density at radius 1 is 1.17 bits per heavy atom. The predicted octanol–water partition coefficient (Wildman–Crippen LogP) is -2.20. The lowest BCUT2D eigenvalue weighted by Crippen LogP contribution is -2.55. The van der Waals surface area contributed by atoms with Gasteiger partial charge in [0.1, 0.15) is 18.6 Å². The van der Waals surface area contributed by atoms with Crippen LogP contribution in [0.25, 0.3) is 0 Å². The van der Waals surface area contributed by atoms with Crippen LogP contribution in [0.1, 0.15) is 6.42 Å². The molecule has 2 unspecified atom stereocenters. The van der Waals surface area contributed by atoms with Gasteiger partial charge in [0.05, 0.1) is 6.54 Å². The number of nitrogens with two attached hydrogens (primary N) is 1. The number of carboxylic acid groups (broad SMARTS) is 1. The van der Waals surface area contributed by atoms with E-state index in [0.717, 1.165) is 0 Å². The van der Waals surface area contributed by atoms with E-state index in [4.69, 9.17) is 10.8 Å². The summed E-state index contributed by atoms with van der Waals surface area (Å²) in [5.41, 5.74) is 5.17. The maximum atomic E-state index is 12.1. The van der Waals surface area contributed by atoms with Crippen LogP contribution in [-0.4, -0.2) is 71.7 Å². The van der Waals surface area contributed by atoms with Gasteiger partial charge in [-0.2, -0.15) is 24.4 Å². The summed E-state index contributed by atoms with van der Waals surface area (Å²) in [6.45, 7) is -0.809. The lowest BCUT2D eigenvalue weighted by Gasteiger charge is -2.21. The standard InChI is InChI=1S/C12H22N4O5S2/c1-23-3-2-7(11(20)14-5-10(18)19)16-12(21)8(6-22)15-9(17)4-13/h7-8,22H,2-6,13H2,1H3,(H,14,20)(H,15,17)(H,16,21)(H,18,19). The maximum absolute atomic E-state index is 12.1. The van der Waals surface area contributed by atoms with E-state index in [-0.39, 0.29) is 12.3 Å². The van der Waals surface area contributed by atoms with Crippen molar-refractivity contribution in [3.8, 4) is 0 Å². The number of aliphatic carboxylic acids is 1. The second-order valence-corrected chi connectivity index (χ2v) is 5.81. The van der Waals surface area contributed by atoms with E-state index >= 15 is 0 Å². The highest BCUT2D eigenvalue weighted by Gasteiger charge is 2.25. The van der Waals surface area contributed by atoms with Crippen molar-refractivity contribution in [2.45, 2.75) is 18.5 Å². The Morgan fingerprint density at radius 2 is 1.83 bits per heavy atom. The number of carbonyl (C=O) groups is 4. The summed E-state index contributed by atoms with van der Waals surface area (Å²) in [7, 11) is 0. The average Bonchev–Trinajstić information content (AvgIpc) is 2.53. The minimum absolute atomic E-state index is 0.0313. The molecule has 9 nitrogen and oxygen atoms in total. The number of amides is 3. The van der Waals surface area contributed by atoms with Gasteiger partial charge in [0.25, 0.3) is 0 Å². The second kappa shape index (κ2) is 12.0. The molecule has 0 fully saturated rings. The number of hydrogen-bond donors (Lipinski definition) is 6. The molecule has 0 saturated carbocycles.